The number of anilines is 1. The van der Waals surface area contributed by atoms with Gasteiger partial charge >= 0.3 is 5.97 Å². The fourth-order valence-electron chi connectivity index (χ4n) is 3.32. The molecule has 0 fully saturated rings. The summed E-state index contributed by atoms with van der Waals surface area (Å²) in [6.07, 6.45) is 0. The first-order chi connectivity index (χ1) is 15.7. The molecule has 1 heterocycles. The fourth-order valence-corrected chi connectivity index (χ4v) is 3.50. The normalized spacial score (nSPS) is 12.4. The number of rotatable bonds is 6. The summed E-state index contributed by atoms with van der Waals surface area (Å²) in [6.45, 7) is 5.57. The van der Waals surface area contributed by atoms with Gasteiger partial charge in [-0.1, -0.05) is 17.7 Å². The Hall–Kier alpha value is -3.72. The van der Waals surface area contributed by atoms with Gasteiger partial charge in [0.15, 0.2) is 5.92 Å². The van der Waals surface area contributed by atoms with E-state index in [2.05, 4.69) is 25.8 Å². The third-order valence-electron chi connectivity index (χ3n) is 5.30. The number of carbonyl (C=O) groups excluding carboxylic acids is 2. The van der Waals surface area contributed by atoms with Crippen molar-refractivity contribution < 1.29 is 14.3 Å². The summed E-state index contributed by atoms with van der Waals surface area (Å²) in [6, 6.07) is 8.62. The smallest absolute Gasteiger partial charge is 0.321 e. The summed E-state index contributed by atoms with van der Waals surface area (Å²) in [4.78, 5) is 46.1. The topological polar surface area (TPSA) is 126 Å². The van der Waals surface area contributed by atoms with Crippen LogP contribution in [0.2, 0.25) is 5.02 Å². The van der Waals surface area contributed by atoms with Crippen LogP contribution in [-0.4, -0.2) is 41.7 Å². The number of halogens is 1. The predicted molar refractivity (Wildman–Crippen MR) is 128 cm³/mol. The highest BCUT2D eigenvalue weighted by molar-refractivity contribution is 6.48. The lowest BCUT2D eigenvalue weighted by molar-refractivity contribution is -0.141. The van der Waals surface area contributed by atoms with E-state index in [1.165, 1.54) is 7.05 Å². The second-order valence-electron chi connectivity index (χ2n) is 7.45. The highest BCUT2D eigenvalue weighted by Crippen LogP contribution is 2.24. The van der Waals surface area contributed by atoms with Gasteiger partial charge in [0.2, 0.25) is 0 Å². The van der Waals surface area contributed by atoms with Crippen molar-refractivity contribution in [3.8, 4) is 0 Å². The Morgan fingerprint density at radius 3 is 2.55 bits per heavy atom. The number of nitrogens with zero attached hydrogens (tertiary/aromatic N) is 2. The van der Waals surface area contributed by atoms with Crippen molar-refractivity contribution in [3.63, 3.8) is 0 Å². The number of methoxy groups -OCH3 is 1. The summed E-state index contributed by atoms with van der Waals surface area (Å²) in [5.74, 6) is -3.05. The zero-order valence-electron chi connectivity index (χ0n) is 18.9. The molecule has 0 bridgehead atoms. The number of carbonyl (C=O) groups is 2. The maximum absolute atomic E-state index is 13.2. The third kappa shape index (κ3) is 4.88. The van der Waals surface area contributed by atoms with Crippen molar-refractivity contribution in [1.29, 1.82) is 0 Å². The molecule has 1 atom stereocenters. The van der Waals surface area contributed by atoms with E-state index in [9.17, 15) is 14.4 Å². The third-order valence-corrected chi connectivity index (χ3v) is 5.71. The summed E-state index contributed by atoms with van der Waals surface area (Å²) < 4.78 is 4.91. The first-order valence-corrected chi connectivity index (χ1v) is 10.5. The number of hydrogen-bond donors (Lipinski definition) is 3. The molecule has 0 aliphatic rings. The minimum absolute atomic E-state index is 0.204. The molecule has 3 aromatic rings. The number of nitrogens with one attached hydrogen (secondary N) is 3. The molecule has 9 nitrogen and oxygen atoms in total. The minimum atomic E-state index is -1.48. The van der Waals surface area contributed by atoms with E-state index >= 15 is 0 Å². The lowest BCUT2D eigenvalue weighted by Gasteiger charge is -2.17. The zero-order chi connectivity index (χ0) is 24.3. The predicted octanol–water partition coefficient (Wildman–Crippen LogP) is 2.97. The van der Waals surface area contributed by atoms with Crippen LogP contribution in [0.1, 0.15) is 28.3 Å². The maximum Gasteiger partial charge on any atom is 0.321 e. The molecule has 1 amide bonds. The average molecular weight is 470 g/mol. The fraction of sp³-hybridized carbons (Fsp3) is 0.261. The first kappa shape index (κ1) is 23.9. The Morgan fingerprint density at radius 1 is 1.18 bits per heavy atom. The van der Waals surface area contributed by atoms with Crippen LogP contribution >= 0.6 is 11.6 Å². The van der Waals surface area contributed by atoms with E-state index in [-0.39, 0.29) is 11.4 Å². The molecule has 0 aliphatic heterocycles. The molecule has 172 valence electrons. The summed E-state index contributed by atoms with van der Waals surface area (Å²) in [5, 5.41) is 7.16. The van der Waals surface area contributed by atoms with Gasteiger partial charge in [0.05, 0.1) is 18.1 Å². The molecular weight excluding hydrogens is 446 g/mol. The van der Waals surface area contributed by atoms with Crippen molar-refractivity contribution in [2.45, 2.75) is 26.7 Å². The Bertz CT molecular complexity index is 1330. The van der Waals surface area contributed by atoms with E-state index in [0.29, 0.717) is 27.3 Å². The number of aromatic nitrogens is 2. The lowest BCUT2D eigenvalue weighted by Crippen LogP contribution is -2.38. The largest absolute Gasteiger partial charge is 0.468 e. The van der Waals surface area contributed by atoms with E-state index in [4.69, 9.17) is 16.3 Å². The standard InChI is InChI=1S/C23H24ClN5O4/c1-11-9-16-17(10-12(11)2)28-21(30)19(26-16)18(23(32)33-5)20(29-25-4)22(31)27-15-8-6-7-14(24)13(15)3/h6-10,18,25H,1-5H3,(H,27,31)(H,28,30). The number of hydrogen-bond acceptors (Lipinski definition) is 7. The molecule has 2 aromatic carbocycles. The molecule has 1 aromatic heterocycles. The van der Waals surface area contributed by atoms with Gasteiger partial charge in [-0.2, -0.15) is 5.10 Å². The van der Waals surface area contributed by atoms with Gasteiger partial charge in [-0.15, -0.1) is 0 Å². The second-order valence-corrected chi connectivity index (χ2v) is 7.86. The molecule has 0 aliphatic carbocycles. The maximum atomic E-state index is 13.2. The number of aromatic amines is 1. The number of fused-ring (bicyclic) bond motifs is 1. The molecule has 10 heteroatoms. The number of benzene rings is 2. The Morgan fingerprint density at radius 2 is 1.88 bits per heavy atom. The molecule has 0 radical (unpaired) electrons. The molecule has 0 spiro atoms. The highest BCUT2D eigenvalue weighted by Gasteiger charge is 2.36. The Balaban J connectivity index is 2.14. The van der Waals surface area contributed by atoms with Gasteiger partial charge in [0.25, 0.3) is 11.5 Å². The van der Waals surface area contributed by atoms with Gasteiger partial charge in [0.1, 0.15) is 11.4 Å². The summed E-state index contributed by atoms with van der Waals surface area (Å²) in [5.41, 5.74) is 5.39. The van der Waals surface area contributed by atoms with Crippen LogP contribution < -0.4 is 16.3 Å². The van der Waals surface area contributed by atoms with Crippen molar-refractivity contribution in [2.75, 3.05) is 19.5 Å². The van der Waals surface area contributed by atoms with Crippen LogP contribution in [-0.2, 0) is 14.3 Å². The minimum Gasteiger partial charge on any atom is -0.468 e. The van der Waals surface area contributed by atoms with Crippen LogP contribution in [0.25, 0.3) is 11.0 Å². The van der Waals surface area contributed by atoms with E-state index in [1.54, 1.807) is 37.3 Å². The van der Waals surface area contributed by atoms with Gasteiger partial charge in [-0.25, -0.2) is 4.98 Å². The average Bonchev–Trinajstić information content (AvgIpc) is 2.77. The van der Waals surface area contributed by atoms with Gasteiger partial charge in [-0.3, -0.25) is 14.4 Å². The van der Waals surface area contributed by atoms with Crippen LogP contribution in [0.15, 0.2) is 40.2 Å². The number of esters is 1. The van der Waals surface area contributed by atoms with Crippen molar-refractivity contribution in [1.82, 2.24) is 15.4 Å². The van der Waals surface area contributed by atoms with Crippen LogP contribution in [0.3, 0.4) is 0 Å². The monoisotopic (exact) mass is 469 g/mol. The molecule has 3 rings (SSSR count). The number of amides is 1. The second kappa shape index (κ2) is 9.83. The number of ether oxygens (including phenoxy) is 1. The number of H-pyrrole nitrogens is 1. The van der Waals surface area contributed by atoms with Gasteiger partial charge < -0.3 is 20.5 Å². The summed E-state index contributed by atoms with van der Waals surface area (Å²) in [7, 11) is 2.63. The van der Waals surface area contributed by atoms with E-state index in [0.717, 1.165) is 18.2 Å². The SMILES string of the molecule is CNN=C(C(=O)Nc1cccc(Cl)c1C)C(C(=O)OC)c1nc2cc(C)c(C)cc2[nH]c1=O. The van der Waals surface area contributed by atoms with Gasteiger partial charge in [0, 0.05) is 17.8 Å². The molecule has 1 unspecified atom stereocenters. The zero-order valence-corrected chi connectivity index (χ0v) is 19.6. The lowest BCUT2D eigenvalue weighted by atomic mass is 9.97. The van der Waals surface area contributed by atoms with Crippen molar-refractivity contribution in [3.05, 3.63) is 68.1 Å². The van der Waals surface area contributed by atoms with E-state index in [1.807, 2.05) is 13.8 Å². The van der Waals surface area contributed by atoms with E-state index < -0.39 is 23.4 Å². The van der Waals surface area contributed by atoms with Gasteiger partial charge in [-0.05, 0) is 61.7 Å². The molecule has 0 saturated heterocycles. The van der Waals surface area contributed by atoms with Crippen molar-refractivity contribution in [2.24, 2.45) is 5.10 Å². The highest BCUT2D eigenvalue weighted by atomic mass is 35.5. The molecule has 0 saturated carbocycles. The number of hydrazone groups is 1. The van der Waals surface area contributed by atoms with Crippen LogP contribution in [0.4, 0.5) is 5.69 Å². The quantitative estimate of drug-likeness (QED) is 0.289. The molecule has 3 N–H and O–H groups in total. The van der Waals surface area contributed by atoms with Crippen molar-refractivity contribution >= 4 is 45.9 Å². The Kier molecular flexibility index (Phi) is 7.13. The number of aryl methyl sites for hydroxylation is 2. The first-order valence-electron chi connectivity index (χ1n) is 10.1. The van der Waals surface area contributed by atoms with Crippen LogP contribution in [0, 0.1) is 20.8 Å². The van der Waals surface area contributed by atoms with Crippen LogP contribution in [0.5, 0.6) is 0 Å². The summed E-state index contributed by atoms with van der Waals surface area (Å²) >= 11 is 6.15. The molecule has 33 heavy (non-hydrogen) atoms. The molecular formula is C23H24ClN5O4. The Labute approximate surface area is 195 Å².